The highest BCUT2D eigenvalue weighted by molar-refractivity contribution is 5.79. The molecule has 170 valence electrons. The van der Waals surface area contributed by atoms with E-state index in [1.165, 1.54) is 27.8 Å². The first-order valence-electron chi connectivity index (χ1n) is 11.6. The second-order valence-corrected chi connectivity index (χ2v) is 8.84. The summed E-state index contributed by atoms with van der Waals surface area (Å²) in [6, 6.07) is 12.8. The molecule has 0 radical (unpaired) electrons. The van der Waals surface area contributed by atoms with E-state index in [9.17, 15) is 4.79 Å². The van der Waals surface area contributed by atoms with Gasteiger partial charge in [-0.2, -0.15) is 0 Å². The van der Waals surface area contributed by atoms with Crippen molar-refractivity contribution >= 4 is 11.5 Å². The summed E-state index contributed by atoms with van der Waals surface area (Å²) in [5.74, 6) is 2.09. The van der Waals surface area contributed by atoms with Gasteiger partial charge in [0.15, 0.2) is 0 Å². The molecule has 1 amide bonds. The Morgan fingerprint density at radius 3 is 2.69 bits per heavy atom. The first kappa shape index (κ1) is 22.4. The third-order valence-corrected chi connectivity index (χ3v) is 6.85. The number of likely N-dealkylation sites (tertiary alicyclic amines) is 1. The monoisotopic (exact) mass is 434 g/mol. The Hall–Kier alpha value is -2.79. The fourth-order valence-electron chi connectivity index (χ4n) is 4.72. The average Bonchev–Trinajstić information content (AvgIpc) is 2.80. The number of carbonyl (C=O) groups is 1. The van der Waals surface area contributed by atoms with E-state index < -0.39 is 0 Å². The van der Waals surface area contributed by atoms with Crippen molar-refractivity contribution < 1.29 is 14.3 Å². The van der Waals surface area contributed by atoms with E-state index in [2.05, 4.69) is 60.5 Å². The number of ether oxygens (including phenoxy) is 2. The van der Waals surface area contributed by atoms with Gasteiger partial charge in [-0.1, -0.05) is 30.7 Å². The van der Waals surface area contributed by atoms with Crippen molar-refractivity contribution in [3.05, 3.63) is 64.2 Å². The molecule has 0 unspecified atom stereocenters. The topological polar surface area (TPSA) is 50.8 Å². The zero-order chi connectivity index (χ0) is 22.7. The van der Waals surface area contributed by atoms with Crippen molar-refractivity contribution in [3.63, 3.8) is 0 Å². The molecule has 0 bridgehead atoms. The molecule has 4 rings (SSSR count). The third-order valence-electron chi connectivity index (χ3n) is 6.85. The largest absolute Gasteiger partial charge is 0.496 e. The fraction of sp³-hybridized carbons (Fsp3) is 0.444. The maximum absolute atomic E-state index is 11.7. The summed E-state index contributed by atoms with van der Waals surface area (Å²) in [6.07, 6.45) is 3.08. The minimum Gasteiger partial charge on any atom is -0.496 e. The minimum atomic E-state index is 0.147. The molecule has 1 heterocycles. The number of nitrogens with zero attached hydrogens (tertiary/aromatic N) is 1. The molecule has 0 aromatic heterocycles. The van der Waals surface area contributed by atoms with E-state index in [-0.39, 0.29) is 11.8 Å². The summed E-state index contributed by atoms with van der Waals surface area (Å²) in [7, 11) is 3.43. The summed E-state index contributed by atoms with van der Waals surface area (Å²) in [5.41, 5.74) is 7.86. The van der Waals surface area contributed by atoms with E-state index in [4.69, 9.17) is 9.47 Å². The lowest BCUT2D eigenvalue weighted by Gasteiger charge is -2.39. The molecule has 0 spiro atoms. The van der Waals surface area contributed by atoms with Gasteiger partial charge in [-0.05, 0) is 66.6 Å². The molecule has 0 atom stereocenters. The molecule has 0 saturated carbocycles. The highest BCUT2D eigenvalue weighted by Gasteiger charge is 2.32. The summed E-state index contributed by atoms with van der Waals surface area (Å²) in [5, 5.41) is 2.75. The lowest BCUT2D eigenvalue weighted by Crippen LogP contribution is -2.53. The molecule has 1 aliphatic carbocycles. The van der Waals surface area contributed by atoms with Crippen LogP contribution < -0.4 is 14.8 Å². The van der Waals surface area contributed by atoms with Crippen LogP contribution in [0.15, 0.2) is 42.0 Å². The Balaban J connectivity index is 1.40. The Bertz CT molecular complexity index is 1020. The number of benzene rings is 2. The molecule has 1 N–H and O–H groups in total. The van der Waals surface area contributed by atoms with Crippen LogP contribution in [0.2, 0.25) is 0 Å². The number of carbonyl (C=O) groups excluding carboxylic acids is 1. The molecule has 5 heteroatoms. The highest BCUT2D eigenvalue weighted by Crippen LogP contribution is 2.35. The van der Waals surface area contributed by atoms with E-state index in [0.29, 0.717) is 6.61 Å². The van der Waals surface area contributed by atoms with Crippen molar-refractivity contribution in [2.45, 2.75) is 39.7 Å². The SMILES string of the molecule is CCc1ccc(COc2ccc3c(c2)CCC(CN2CC(C(=O)NC)C2)=C3C)c(OC)c1. The minimum absolute atomic E-state index is 0.147. The fourth-order valence-corrected chi connectivity index (χ4v) is 4.72. The molecule has 1 saturated heterocycles. The van der Waals surface area contributed by atoms with Gasteiger partial charge in [-0.15, -0.1) is 0 Å². The summed E-state index contributed by atoms with van der Waals surface area (Å²) in [4.78, 5) is 14.1. The average molecular weight is 435 g/mol. The maximum Gasteiger partial charge on any atom is 0.225 e. The zero-order valence-corrected chi connectivity index (χ0v) is 19.7. The Labute approximate surface area is 191 Å². The Kier molecular flexibility index (Phi) is 6.85. The molecule has 2 aliphatic rings. The summed E-state index contributed by atoms with van der Waals surface area (Å²) >= 11 is 0. The van der Waals surface area contributed by atoms with Gasteiger partial charge >= 0.3 is 0 Å². The van der Waals surface area contributed by atoms with Crippen molar-refractivity contribution in [1.29, 1.82) is 0 Å². The van der Waals surface area contributed by atoms with Crippen LogP contribution in [0.4, 0.5) is 0 Å². The van der Waals surface area contributed by atoms with E-state index >= 15 is 0 Å². The molecule has 2 aromatic rings. The van der Waals surface area contributed by atoms with E-state index in [1.54, 1.807) is 14.2 Å². The predicted molar refractivity (Wildman–Crippen MR) is 128 cm³/mol. The first-order valence-corrected chi connectivity index (χ1v) is 11.6. The van der Waals surface area contributed by atoms with Crippen LogP contribution in [-0.4, -0.2) is 44.6 Å². The van der Waals surface area contributed by atoms with Crippen LogP contribution in [0, 0.1) is 5.92 Å². The molecular weight excluding hydrogens is 400 g/mol. The number of methoxy groups -OCH3 is 1. The van der Waals surface area contributed by atoms with Crippen molar-refractivity contribution in [2.75, 3.05) is 33.8 Å². The van der Waals surface area contributed by atoms with Gasteiger partial charge < -0.3 is 14.8 Å². The quantitative estimate of drug-likeness (QED) is 0.675. The number of fused-ring (bicyclic) bond motifs is 1. The molecule has 1 fully saturated rings. The van der Waals surface area contributed by atoms with Gasteiger partial charge in [-0.25, -0.2) is 0 Å². The van der Waals surface area contributed by atoms with Gasteiger partial charge in [0, 0.05) is 32.2 Å². The van der Waals surface area contributed by atoms with E-state index in [1.807, 2.05) is 0 Å². The molecule has 2 aromatic carbocycles. The van der Waals surface area contributed by atoms with Gasteiger partial charge in [0.2, 0.25) is 5.91 Å². The second kappa shape index (κ2) is 9.78. The van der Waals surface area contributed by atoms with Crippen molar-refractivity contribution in [2.24, 2.45) is 5.92 Å². The van der Waals surface area contributed by atoms with Crippen molar-refractivity contribution in [1.82, 2.24) is 10.2 Å². The highest BCUT2D eigenvalue weighted by atomic mass is 16.5. The number of allylic oxidation sites excluding steroid dienone is 1. The number of hydrogen-bond acceptors (Lipinski definition) is 4. The van der Waals surface area contributed by atoms with Gasteiger partial charge in [0.25, 0.3) is 0 Å². The number of aryl methyl sites for hydroxylation is 2. The molecule has 32 heavy (non-hydrogen) atoms. The number of rotatable bonds is 8. The zero-order valence-electron chi connectivity index (χ0n) is 19.7. The number of nitrogens with one attached hydrogen (secondary N) is 1. The lowest BCUT2D eigenvalue weighted by atomic mass is 9.85. The van der Waals surface area contributed by atoms with Crippen LogP contribution in [0.1, 0.15) is 42.5 Å². The number of amides is 1. The summed E-state index contributed by atoms with van der Waals surface area (Å²) < 4.78 is 11.7. The van der Waals surface area contributed by atoms with Crippen molar-refractivity contribution in [3.8, 4) is 11.5 Å². The van der Waals surface area contributed by atoms with Crippen LogP contribution >= 0.6 is 0 Å². The van der Waals surface area contributed by atoms with E-state index in [0.717, 1.165) is 56.0 Å². The second-order valence-electron chi connectivity index (χ2n) is 8.84. The molecular formula is C27H34N2O3. The standard InChI is InChI=1S/C27H34N2O3/c1-5-19-6-7-22(26(12-19)31-4)17-32-24-10-11-25-18(2)21(9-8-20(25)13-24)14-29-15-23(16-29)27(30)28-3/h6-7,10-13,23H,5,8-9,14-17H2,1-4H3,(H,28,30). The van der Waals surface area contributed by atoms with Crippen LogP contribution in [0.3, 0.4) is 0 Å². The smallest absolute Gasteiger partial charge is 0.225 e. The normalized spacial score (nSPS) is 16.4. The lowest BCUT2D eigenvalue weighted by molar-refractivity contribution is -0.129. The third kappa shape index (κ3) is 4.68. The molecule has 5 nitrogen and oxygen atoms in total. The van der Waals surface area contributed by atoms with Gasteiger partial charge in [-0.3, -0.25) is 9.69 Å². The Morgan fingerprint density at radius 1 is 1.16 bits per heavy atom. The van der Waals surface area contributed by atoms with Crippen LogP contribution in [0.5, 0.6) is 11.5 Å². The van der Waals surface area contributed by atoms with Gasteiger partial charge in [0.1, 0.15) is 18.1 Å². The molecule has 1 aliphatic heterocycles. The number of hydrogen-bond donors (Lipinski definition) is 1. The maximum atomic E-state index is 11.7. The predicted octanol–water partition coefficient (Wildman–Crippen LogP) is 4.23. The van der Waals surface area contributed by atoms with Crippen LogP contribution in [-0.2, 0) is 24.2 Å². The first-order chi connectivity index (χ1) is 15.5. The van der Waals surface area contributed by atoms with Gasteiger partial charge in [0.05, 0.1) is 13.0 Å². The van der Waals surface area contributed by atoms with Crippen LogP contribution in [0.25, 0.3) is 5.57 Å². The summed E-state index contributed by atoms with van der Waals surface area (Å²) in [6.45, 7) is 7.55. The Morgan fingerprint density at radius 2 is 1.97 bits per heavy atom.